The smallest absolute Gasteiger partial charge is 0.327 e. The molecule has 0 aliphatic heterocycles. The number of esters is 1. The van der Waals surface area contributed by atoms with Crippen molar-refractivity contribution >= 4 is 11.9 Å². The number of rotatable bonds is 9. The van der Waals surface area contributed by atoms with Crippen LogP contribution < -0.4 is 11.1 Å². The van der Waals surface area contributed by atoms with E-state index in [-0.39, 0.29) is 12.5 Å². The van der Waals surface area contributed by atoms with Gasteiger partial charge in [-0.15, -0.1) is 0 Å². The Kier molecular flexibility index (Phi) is 8.04. The second-order valence-corrected chi connectivity index (χ2v) is 8.20. The van der Waals surface area contributed by atoms with Gasteiger partial charge in [0.1, 0.15) is 12.6 Å². The van der Waals surface area contributed by atoms with Crippen LogP contribution in [-0.4, -0.2) is 18.4 Å². The van der Waals surface area contributed by atoms with E-state index in [0.717, 1.165) is 23.1 Å². The van der Waals surface area contributed by atoms with Crippen LogP contribution >= 0.6 is 0 Å². The first kappa shape index (κ1) is 23.9. The van der Waals surface area contributed by atoms with Gasteiger partial charge in [-0.3, -0.25) is 4.79 Å². The lowest BCUT2D eigenvalue weighted by molar-refractivity contribution is -0.146. The van der Waals surface area contributed by atoms with Gasteiger partial charge in [-0.1, -0.05) is 103 Å². The number of benzene rings is 4. The molecule has 1 unspecified atom stereocenters. The summed E-state index contributed by atoms with van der Waals surface area (Å²) >= 11 is 0. The molecule has 5 nitrogen and oxygen atoms in total. The zero-order chi connectivity index (χ0) is 24.5. The van der Waals surface area contributed by atoms with Gasteiger partial charge in [-0.2, -0.15) is 0 Å². The molecule has 0 aromatic heterocycles. The molecule has 3 N–H and O–H groups in total. The molecular weight excluding hydrogens is 436 g/mol. The van der Waals surface area contributed by atoms with Crippen molar-refractivity contribution in [2.75, 3.05) is 6.54 Å². The molecule has 4 rings (SSSR count). The fourth-order valence-electron chi connectivity index (χ4n) is 3.94. The van der Waals surface area contributed by atoms with Gasteiger partial charge in [0, 0.05) is 12.1 Å². The van der Waals surface area contributed by atoms with Crippen molar-refractivity contribution in [3.05, 3.63) is 131 Å². The van der Waals surface area contributed by atoms with Crippen molar-refractivity contribution in [3.8, 4) is 11.1 Å². The lowest BCUT2D eigenvalue weighted by Gasteiger charge is -2.18. The molecule has 0 fully saturated rings. The van der Waals surface area contributed by atoms with Crippen LogP contribution in [0.4, 0.5) is 0 Å². The Morgan fingerprint density at radius 1 is 0.714 bits per heavy atom. The first-order valence-electron chi connectivity index (χ1n) is 11.6. The monoisotopic (exact) mass is 464 g/mol. The predicted octanol–water partition coefficient (Wildman–Crippen LogP) is 5.07. The maximum Gasteiger partial charge on any atom is 0.327 e. The first-order valence-corrected chi connectivity index (χ1v) is 11.6. The van der Waals surface area contributed by atoms with Gasteiger partial charge in [-0.25, -0.2) is 4.79 Å². The first-order chi connectivity index (χ1) is 17.1. The summed E-state index contributed by atoms with van der Waals surface area (Å²) in [6.07, 6.45) is 0.740. The van der Waals surface area contributed by atoms with Gasteiger partial charge in [-0.05, 0) is 40.3 Å². The van der Waals surface area contributed by atoms with Crippen LogP contribution in [0.2, 0.25) is 0 Å². The third-order valence-corrected chi connectivity index (χ3v) is 5.78. The number of hydrogen-bond donors (Lipinski definition) is 2. The quantitative estimate of drug-likeness (QED) is 0.339. The Morgan fingerprint density at radius 2 is 1.29 bits per heavy atom. The molecule has 0 aliphatic rings. The summed E-state index contributed by atoms with van der Waals surface area (Å²) in [4.78, 5) is 25.8. The summed E-state index contributed by atoms with van der Waals surface area (Å²) in [5.74, 6) is -0.697. The summed E-state index contributed by atoms with van der Waals surface area (Å²) in [5.41, 5.74) is 11.0. The van der Waals surface area contributed by atoms with Gasteiger partial charge in [0.05, 0.1) is 0 Å². The normalized spacial score (nSPS) is 11.5. The van der Waals surface area contributed by atoms with Crippen LogP contribution in [0.1, 0.15) is 33.1 Å². The molecule has 4 aromatic rings. The predicted molar refractivity (Wildman–Crippen MR) is 138 cm³/mol. The van der Waals surface area contributed by atoms with Crippen LogP contribution in [0.5, 0.6) is 0 Å². The van der Waals surface area contributed by atoms with Crippen molar-refractivity contribution in [3.63, 3.8) is 0 Å². The van der Waals surface area contributed by atoms with E-state index in [1.54, 1.807) is 12.1 Å². The van der Waals surface area contributed by atoms with Crippen LogP contribution in [0.15, 0.2) is 109 Å². The summed E-state index contributed by atoms with van der Waals surface area (Å²) < 4.78 is 5.46. The average Bonchev–Trinajstić information content (AvgIpc) is 2.92. The molecular formula is C30H28N2O3. The highest BCUT2D eigenvalue weighted by molar-refractivity contribution is 6.01. The third kappa shape index (κ3) is 6.22. The number of hydrogen-bond acceptors (Lipinski definition) is 4. The summed E-state index contributed by atoms with van der Waals surface area (Å²) in [5, 5.41) is 3.01. The minimum Gasteiger partial charge on any atom is -0.459 e. The number of amides is 1. The fraction of sp³-hybridized carbons (Fsp3) is 0.133. The van der Waals surface area contributed by atoms with Crippen LogP contribution in [0, 0.1) is 0 Å². The molecule has 0 aliphatic carbocycles. The third-order valence-electron chi connectivity index (χ3n) is 5.78. The Hall–Kier alpha value is -4.22. The second-order valence-electron chi connectivity index (χ2n) is 8.20. The highest BCUT2D eigenvalue weighted by Gasteiger charge is 2.23. The zero-order valence-electron chi connectivity index (χ0n) is 19.4. The van der Waals surface area contributed by atoms with E-state index < -0.39 is 12.0 Å². The molecule has 0 heterocycles. The highest BCUT2D eigenvalue weighted by Crippen LogP contribution is 2.30. The van der Waals surface area contributed by atoms with Crippen molar-refractivity contribution < 1.29 is 14.3 Å². The molecule has 0 bridgehead atoms. The molecule has 1 atom stereocenters. The van der Waals surface area contributed by atoms with E-state index in [0.29, 0.717) is 23.2 Å². The average molecular weight is 465 g/mol. The summed E-state index contributed by atoms with van der Waals surface area (Å²) in [7, 11) is 0. The van der Waals surface area contributed by atoms with E-state index in [2.05, 4.69) is 5.32 Å². The van der Waals surface area contributed by atoms with Gasteiger partial charge >= 0.3 is 5.97 Å². The molecule has 0 saturated heterocycles. The van der Waals surface area contributed by atoms with Crippen LogP contribution in [-0.2, 0) is 22.6 Å². The SMILES string of the molecule is NC(C(=O)OCc1ccccc1)c1ccccc1-c1ccccc1C(=O)NCCc1ccccc1. The maximum atomic E-state index is 13.1. The number of nitrogens with one attached hydrogen (secondary N) is 1. The summed E-state index contributed by atoms with van der Waals surface area (Å²) in [6.45, 7) is 0.667. The Bertz CT molecular complexity index is 1270. The number of carbonyl (C=O) groups excluding carboxylic acids is 2. The van der Waals surface area contributed by atoms with Crippen molar-refractivity contribution in [1.29, 1.82) is 0 Å². The van der Waals surface area contributed by atoms with Gasteiger partial charge in [0.2, 0.25) is 0 Å². The molecule has 5 heteroatoms. The standard InChI is InChI=1S/C30H28N2O3/c31-28(30(34)35-21-23-13-5-2-6-14-23)26-17-9-7-15-24(26)25-16-8-10-18-27(25)29(33)32-20-19-22-11-3-1-4-12-22/h1-18,28H,19-21,31H2,(H,32,33). The highest BCUT2D eigenvalue weighted by atomic mass is 16.5. The van der Waals surface area contributed by atoms with Crippen molar-refractivity contribution in [1.82, 2.24) is 5.32 Å². The fourth-order valence-corrected chi connectivity index (χ4v) is 3.94. The minimum atomic E-state index is -0.982. The van der Waals surface area contributed by atoms with Crippen molar-refractivity contribution in [2.24, 2.45) is 5.73 Å². The topological polar surface area (TPSA) is 81.4 Å². The Balaban J connectivity index is 1.50. The van der Waals surface area contributed by atoms with E-state index in [1.807, 2.05) is 97.1 Å². The zero-order valence-corrected chi connectivity index (χ0v) is 19.4. The molecule has 0 radical (unpaired) electrons. The molecule has 176 valence electrons. The molecule has 4 aromatic carbocycles. The molecule has 0 spiro atoms. The molecule has 0 saturated carbocycles. The van der Waals surface area contributed by atoms with Crippen molar-refractivity contribution in [2.45, 2.75) is 19.1 Å². The number of nitrogens with two attached hydrogens (primary N) is 1. The summed E-state index contributed by atoms with van der Waals surface area (Å²) in [6, 6.07) is 33.2. The van der Waals surface area contributed by atoms with E-state index in [1.165, 1.54) is 0 Å². The second kappa shape index (κ2) is 11.8. The van der Waals surface area contributed by atoms with Gasteiger partial charge in [0.25, 0.3) is 5.91 Å². The van der Waals surface area contributed by atoms with Crippen LogP contribution in [0.3, 0.4) is 0 Å². The molecule has 35 heavy (non-hydrogen) atoms. The molecule has 1 amide bonds. The van der Waals surface area contributed by atoms with E-state index in [4.69, 9.17) is 10.5 Å². The lowest BCUT2D eigenvalue weighted by Crippen LogP contribution is -2.27. The van der Waals surface area contributed by atoms with E-state index in [9.17, 15) is 9.59 Å². The maximum absolute atomic E-state index is 13.1. The largest absolute Gasteiger partial charge is 0.459 e. The van der Waals surface area contributed by atoms with Gasteiger partial charge in [0.15, 0.2) is 0 Å². The number of ether oxygens (including phenoxy) is 1. The minimum absolute atomic E-state index is 0.149. The lowest BCUT2D eigenvalue weighted by atomic mass is 9.92. The number of carbonyl (C=O) groups is 2. The van der Waals surface area contributed by atoms with Gasteiger partial charge < -0.3 is 15.8 Å². The van der Waals surface area contributed by atoms with Crippen LogP contribution in [0.25, 0.3) is 11.1 Å². The Morgan fingerprint density at radius 3 is 2.00 bits per heavy atom. The Labute approximate surface area is 205 Å². The van der Waals surface area contributed by atoms with E-state index >= 15 is 0 Å².